The highest BCUT2D eigenvalue weighted by Crippen LogP contribution is 2.22. The van der Waals surface area contributed by atoms with Crippen LogP contribution >= 0.6 is 15.9 Å². The van der Waals surface area contributed by atoms with Crippen molar-refractivity contribution in [3.8, 4) is 5.75 Å². The molecule has 0 atom stereocenters. The maximum absolute atomic E-state index is 13.3. The summed E-state index contributed by atoms with van der Waals surface area (Å²) in [6, 6.07) is 4.71. The van der Waals surface area contributed by atoms with Crippen molar-refractivity contribution in [3.63, 3.8) is 0 Å². The Labute approximate surface area is 111 Å². The number of rotatable bonds is 7. The Hall–Kier alpha value is -0.610. The third-order valence-electron chi connectivity index (χ3n) is 2.20. The van der Waals surface area contributed by atoms with Gasteiger partial charge in [0.2, 0.25) is 0 Å². The van der Waals surface area contributed by atoms with Crippen molar-refractivity contribution in [2.24, 2.45) is 5.92 Å². The van der Waals surface area contributed by atoms with E-state index in [1.165, 1.54) is 6.07 Å². The molecule has 0 heterocycles. The highest BCUT2D eigenvalue weighted by molar-refractivity contribution is 9.10. The second-order valence-electron chi connectivity index (χ2n) is 4.37. The lowest BCUT2D eigenvalue weighted by atomic mass is 10.2. The van der Waals surface area contributed by atoms with E-state index in [0.29, 0.717) is 18.3 Å². The predicted molar refractivity (Wildman–Crippen MR) is 71.9 cm³/mol. The molecular weight excluding hydrogens is 285 g/mol. The third-order valence-corrected chi connectivity index (χ3v) is 2.69. The molecule has 1 aromatic rings. The molecule has 0 fully saturated rings. The van der Waals surface area contributed by atoms with Gasteiger partial charge in [0.05, 0.1) is 6.61 Å². The summed E-state index contributed by atoms with van der Waals surface area (Å²) in [6.07, 6.45) is 0.874. The fourth-order valence-corrected chi connectivity index (χ4v) is 1.70. The van der Waals surface area contributed by atoms with Crippen LogP contribution < -0.4 is 10.1 Å². The molecule has 0 amide bonds. The van der Waals surface area contributed by atoms with Gasteiger partial charge in [-0.3, -0.25) is 0 Å². The van der Waals surface area contributed by atoms with Gasteiger partial charge in [0.15, 0.2) is 11.6 Å². The van der Waals surface area contributed by atoms with Crippen molar-refractivity contribution >= 4 is 15.9 Å². The van der Waals surface area contributed by atoms with Gasteiger partial charge in [0.1, 0.15) is 0 Å². The van der Waals surface area contributed by atoms with Gasteiger partial charge in [-0.2, -0.15) is 0 Å². The Balaban J connectivity index is 2.20. The summed E-state index contributed by atoms with van der Waals surface area (Å²) in [5.74, 6) is 0.644. The Morgan fingerprint density at radius 3 is 2.88 bits per heavy atom. The predicted octanol–water partition coefficient (Wildman–Crippen LogP) is 3.60. The molecule has 0 saturated heterocycles. The van der Waals surface area contributed by atoms with E-state index in [9.17, 15) is 4.39 Å². The summed E-state index contributed by atoms with van der Waals surface area (Å²) in [5, 5.41) is 3.31. The van der Waals surface area contributed by atoms with Crippen molar-refractivity contribution in [2.75, 3.05) is 19.7 Å². The van der Waals surface area contributed by atoms with Crippen LogP contribution in [0.5, 0.6) is 5.75 Å². The zero-order valence-electron chi connectivity index (χ0n) is 10.3. The van der Waals surface area contributed by atoms with Crippen LogP contribution in [0.3, 0.4) is 0 Å². The lowest BCUT2D eigenvalue weighted by molar-refractivity contribution is 0.292. The quantitative estimate of drug-likeness (QED) is 0.777. The Bertz CT molecular complexity index is 344. The number of hydrogen-bond donors (Lipinski definition) is 1. The first-order chi connectivity index (χ1) is 8.09. The van der Waals surface area contributed by atoms with Crippen molar-refractivity contribution in [2.45, 2.75) is 20.3 Å². The van der Waals surface area contributed by atoms with E-state index in [1.807, 2.05) is 0 Å². The molecule has 0 saturated carbocycles. The largest absolute Gasteiger partial charge is 0.490 e. The molecule has 0 spiro atoms. The molecule has 96 valence electrons. The minimum atomic E-state index is -0.316. The Morgan fingerprint density at radius 2 is 2.18 bits per heavy atom. The zero-order valence-corrected chi connectivity index (χ0v) is 11.9. The average Bonchev–Trinajstić information content (AvgIpc) is 2.27. The minimum Gasteiger partial charge on any atom is -0.490 e. The van der Waals surface area contributed by atoms with E-state index in [4.69, 9.17) is 4.74 Å². The van der Waals surface area contributed by atoms with Crippen LogP contribution in [-0.4, -0.2) is 19.7 Å². The summed E-state index contributed by atoms with van der Waals surface area (Å²) in [6.45, 7) is 6.76. The molecule has 0 bridgehead atoms. The van der Waals surface area contributed by atoms with Crippen molar-refractivity contribution in [3.05, 3.63) is 28.5 Å². The normalized spacial score (nSPS) is 10.9. The first-order valence-electron chi connectivity index (χ1n) is 5.88. The highest BCUT2D eigenvalue weighted by Gasteiger charge is 2.03. The summed E-state index contributed by atoms with van der Waals surface area (Å²) in [4.78, 5) is 0. The maximum atomic E-state index is 13.3. The molecule has 0 aliphatic carbocycles. The molecule has 1 rings (SSSR count). The van der Waals surface area contributed by atoms with Crippen molar-refractivity contribution < 1.29 is 9.13 Å². The first kappa shape index (κ1) is 14.5. The fraction of sp³-hybridized carbons (Fsp3) is 0.538. The summed E-state index contributed by atoms with van der Waals surface area (Å²) in [5.41, 5.74) is 0. The SMILES string of the molecule is CC(C)CNCCCOc1cc(Br)ccc1F. The lowest BCUT2D eigenvalue weighted by Crippen LogP contribution is -2.22. The maximum Gasteiger partial charge on any atom is 0.165 e. The van der Waals surface area contributed by atoms with Gasteiger partial charge >= 0.3 is 0 Å². The van der Waals surface area contributed by atoms with Crippen molar-refractivity contribution in [1.29, 1.82) is 0 Å². The van der Waals surface area contributed by atoms with Crippen LogP contribution in [0.1, 0.15) is 20.3 Å². The fourth-order valence-electron chi connectivity index (χ4n) is 1.36. The number of halogens is 2. The molecule has 1 N–H and O–H groups in total. The van der Waals surface area contributed by atoms with E-state index in [2.05, 4.69) is 35.1 Å². The monoisotopic (exact) mass is 303 g/mol. The Morgan fingerprint density at radius 1 is 1.41 bits per heavy atom. The Kier molecular flexibility index (Phi) is 6.52. The second-order valence-corrected chi connectivity index (χ2v) is 5.29. The van der Waals surface area contributed by atoms with E-state index in [-0.39, 0.29) is 5.82 Å². The molecule has 0 aliphatic heterocycles. The van der Waals surface area contributed by atoms with Gasteiger partial charge < -0.3 is 10.1 Å². The molecule has 0 aromatic heterocycles. The number of nitrogens with one attached hydrogen (secondary N) is 1. The van der Waals surface area contributed by atoms with Gasteiger partial charge in [0, 0.05) is 4.47 Å². The molecule has 2 nitrogen and oxygen atoms in total. The number of benzene rings is 1. The molecule has 1 aromatic carbocycles. The molecule has 0 radical (unpaired) electrons. The van der Waals surface area contributed by atoms with Crippen LogP contribution in [0.15, 0.2) is 22.7 Å². The molecule has 0 aliphatic rings. The summed E-state index contributed by atoms with van der Waals surface area (Å²) in [7, 11) is 0. The van der Waals surface area contributed by atoms with Crippen LogP contribution in [0, 0.1) is 11.7 Å². The standard InChI is InChI=1S/C13H19BrFNO/c1-10(2)9-16-6-3-7-17-13-8-11(14)4-5-12(13)15/h4-5,8,10,16H,3,6-7,9H2,1-2H3. The number of hydrogen-bond acceptors (Lipinski definition) is 2. The lowest BCUT2D eigenvalue weighted by Gasteiger charge is -2.09. The van der Waals surface area contributed by atoms with Crippen LogP contribution in [0.4, 0.5) is 4.39 Å². The summed E-state index contributed by atoms with van der Waals surface area (Å²) < 4.78 is 19.5. The van der Waals surface area contributed by atoms with Gasteiger partial charge in [-0.25, -0.2) is 4.39 Å². The average molecular weight is 304 g/mol. The first-order valence-corrected chi connectivity index (χ1v) is 6.67. The van der Waals surface area contributed by atoms with Gasteiger partial charge in [-0.15, -0.1) is 0 Å². The second kappa shape index (κ2) is 7.67. The van der Waals surface area contributed by atoms with E-state index < -0.39 is 0 Å². The van der Waals surface area contributed by atoms with E-state index in [1.54, 1.807) is 12.1 Å². The smallest absolute Gasteiger partial charge is 0.165 e. The molecule has 4 heteroatoms. The topological polar surface area (TPSA) is 21.3 Å². The van der Waals surface area contributed by atoms with Gasteiger partial charge in [-0.1, -0.05) is 29.8 Å². The van der Waals surface area contributed by atoms with Crippen LogP contribution in [0.25, 0.3) is 0 Å². The van der Waals surface area contributed by atoms with Crippen LogP contribution in [-0.2, 0) is 0 Å². The molecule has 0 unspecified atom stereocenters. The highest BCUT2D eigenvalue weighted by atomic mass is 79.9. The van der Waals surface area contributed by atoms with Gasteiger partial charge in [0.25, 0.3) is 0 Å². The van der Waals surface area contributed by atoms with E-state index in [0.717, 1.165) is 24.0 Å². The zero-order chi connectivity index (χ0) is 12.7. The van der Waals surface area contributed by atoms with Crippen LogP contribution in [0.2, 0.25) is 0 Å². The van der Waals surface area contributed by atoms with Gasteiger partial charge in [-0.05, 0) is 43.6 Å². The van der Waals surface area contributed by atoms with E-state index >= 15 is 0 Å². The van der Waals surface area contributed by atoms with Crippen molar-refractivity contribution in [1.82, 2.24) is 5.32 Å². The molecular formula is C13H19BrFNO. The minimum absolute atomic E-state index is 0.309. The third kappa shape index (κ3) is 6.03. The number of ether oxygens (including phenoxy) is 1. The molecule has 17 heavy (non-hydrogen) atoms. The summed E-state index contributed by atoms with van der Waals surface area (Å²) >= 11 is 3.29.